The van der Waals surface area contributed by atoms with Crippen molar-refractivity contribution in [2.75, 3.05) is 0 Å². The normalized spacial score (nSPS) is 11.5. The van der Waals surface area contributed by atoms with E-state index in [0.29, 0.717) is 10.9 Å². The molecular weight excluding hydrogens is 267 g/mol. The zero-order valence-corrected chi connectivity index (χ0v) is 9.07. The number of hydrogen-bond acceptors (Lipinski definition) is 5. The predicted octanol–water partition coefficient (Wildman–Crippen LogP) is 0.298. The first-order chi connectivity index (χ1) is 7.06. The fourth-order valence-corrected chi connectivity index (χ4v) is 1.84. The molecule has 0 spiro atoms. The van der Waals surface area contributed by atoms with E-state index in [-0.39, 0.29) is 5.88 Å². The Hall–Kier alpha value is -1.56. The molecule has 2 aromatic rings. The van der Waals surface area contributed by atoms with Crippen molar-refractivity contribution in [3.8, 4) is 5.88 Å². The van der Waals surface area contributed by atoms with Crippen molar-refractivity contribution in [1.29, 1.82) is 0 Å². The molecule has 0 fully saturated rings. The Bertz CT molecular complexity index is 591. The van der Waals surface area contributed by atoms with Gasteiger partial charge in [-0.2, -0.15) is 0 Å². The summed E-state index contributed by atoms with van der Waals surface area (Å²) in [5.41, 5.74) is 0.545. The summed E-state index contributed by atoms with van der Waals surface area (Å²) < 4.78 is 34.1. The Morgan fingerprint density at radius 1 is 1.20 bits per heavy atom. The summed E-state index contributed by atoms with van der Waals surface area (Å²) in [6, 6.07) is 6.73. The monoisotopic (exact) mass is 274 g/mol. The second-order valence-corrected chi connectivity index (χ2v) is 4.85. The van der Waals surface area contributed by atoms with Crippen LogP contribution in [0.4, 0.5) is 0 Å². The fourth-order valence-electron chi connectivity index (χ4n) is 1.15. The number of rotatable bonds is 2. The van der Waals surface area contributed by atoms with Gasteiger partial charge in [0.05, 0.1) is 0 Å². The van der Waals surface area contributed by atoms with Gasteiger partial charge in [0.1, 0.15) is 0 Å². The molecular formula is C8H6N2O4Se. The quantitative estimate of drug-likeness (QED) is 0.791. The number of hydrogen-bond donors (Lipinski definition) is 1. The molecule has 0 aliphatic rings. The molecule has 1 aromatic carbocycles. The molecule has 0 bridgehead atoms. The molecule has 0 amide bonds. The molecule has 15 heavy (non-hydrogen) atoms. The van der Waals surface area contributed by atoms with E-state index in [9.17, 15) is 7.67 Å². The molecule has 0 unspecified atom stereocenters. The van der Waals surface area contributed by atoms with Crippen LogP contribution < -0.4 is 3.82 Å². The Morgan fingerprint density at radius 3 is 2.67 bits per heavy atom. The van der Waals surface area contributed by atoms with E-state index in [2.05, 4.69) is 13.8 Å². The zero-order valence-electron chi connectivity index (χ0n) is 7.36. The van der Waals surface area contributed by atoms with Gasteiger partial charge in [-0.25, -0.2) is 0 Å². The van der Waals surface area contributed by atoms with Crippen LogP contribution in [-0.4, -0.2) is 27.5 Å². The second-order valence-electron chi connectivity index (χ2n) is 2.71. The molecule has 0 atom stereocenters. The molecule has 2 rings (SSSR count). The van der Waals surface area contributed by atoms with Crippen LogP contribution in [0.3, 0.4) is 0 Å². The van der Waals surface area contributed by atoms with Crippen LogP contribution in [0.5, 0.6) is 5.88 Å². The van der Waals surface area contributed by atoms with Gasteiger partial charge >= 0.3 is 86.4 Å². The molecule has 0 saturated heterocycles. The van der Waals surface area contributed by atoms with Gasteiger partial charge in [0.15, 0.2) is 0 Å². The van der Waals surface area contributed by atoms with Crippen molar-refractivity contribution in [2.45, 2.75) is 0 Å². The Balaban J connectivity index is 2.61. The minimum atomic E-state index is -5.28. The van der Waals surface area contributed by atoms with Crippen molar-refractivity contribution < 1.29 is 15.7 Å². The third-order valence-electron chi connectivity index (χ3n) is 1.69. The van der Waals surface area contributed by atoms with E-state index in [1.165, 1.54) is 6.33 Å². The van der Waals surface area contributed by atoms with Crippen LogP contribution in [0.1, 0.15) is 0 Å². The standard InChI is InChI=1S/C8H6N2O4Se/c11-15(12,13)14-8-6-3-1-2-4-7(6)9-5-10-8/h1-5H,(H,11,12,13). The van der Waals surface area contributed by atoms with Gasteiger partial charge in [-0.15, -0.1) is 0 Å². The number of aromatic nitrogens is 2. The van der Waals surface area contributed by atoms with Crippen molar-refractivity contribution in [1.82, 2.24) is 9.97 Å². The van der Waals surface area contributed by atoms with E-state index in [0.717, 1.165) is 0 Å². The van der Waals surface area contributed by atoms with Gasteiger partial charge in [-0.05, 0) is 0 Å². The van der Waals surface area contributed by atoms with Crippen LogP contribution in [0.25, 0.3) is 10.9 Å². The van der Waals surface area contributed by atoms with E-state index in [1.54, 1.807) is 24.3 Å². The van der Waals surface area contributed by atoms with Crippen LogP contribution in [0, 0.1) is 0 Å². The third kappa shape index (κ3) is 2.27. The van der Waals surface area contributed by atoms with Crippen molar-refractivity contribution in [3.63, 3.8) is 0 Å². The van der Waals surface area contributed by atoms with E-state index >= 15 is 0 Å². The molecule has 1 aromatic heterocycles. The summed E-state index contributed by atoms with van der Waals surface area (Å²) in [5, 5.41) is 0.433. The molecule has 0 aliphatic heterocycles. The Morgan fingerprint density at radius 2 is 1.93 bits per heavy atom. The minimum absolute atomic E-state index is 0.159. The molecule has 0 radical (unpaired) electrons. The Labute approximate surface area is 86.8 Å². The topological polar surface area (TPSA) is 89.4 Å². The fraction of sp³-hybridized carbons (Fsp3) is 0. The molecule has 78 valence electrons. The second kappa shape index (κ2) is 3.54. The van der Waals surface area contributed by atoms with Gasteiger partial charge in [-0.3, -0.25) is 0 Å². The number of para-hydroxylation sites is 1. The molecule has 0 aliphatic carbocycles. The summed E-state index contributed by atoms with van der Waals surface area (Å²) in [6.07, 6.45) is 1.17. The molecule has 6 nitrogen and oxygen atoms in total. The van der Waals surface area contributed by atoms with E-state index in [4.69, 9.17) is 4.19 Å². The predicted molar refractivity (Wildman–Crippen MR) is 49.5 cm³/mol. The molecule has 1 N–H and O–H groups in total. The summed E-state index contributed by atoms with van der Waals surface area (Å²) in [5.74, 6) is -0.159. The summed E-state index contributed by atoms with van der Waals surface area (Å²) in [4.78, 5) is 7.55. The van der Waals surface area contributed by atoms with E-state index < -0.39 is 13.4 Å². The summed E-state index contributed by atoms with van der Waals surface area (Å²) in [7, 11) is 0. The third-order valence-corrected chi connectivity index (χ3v) is 2.46. The van der Waals surface area contributed by atoms with E-state index in [1.807, 2.05) is 0 Å². The summed E-state index contributed by atoms with van der Waals surface area (Å²) >= 11 is -5.28. The first-order valence-corrected chi connectivity index (χ1v) is 6.79. The number of nitrogens with zero attached hydrogens (tertiary/aromatic N) is 2. The average molecular weight is 273 g/mol. The van der Waals surface area contributed by atoms with Crippen molar-refractivity contribution in [3.05, 3.63) is 30.6 Å². The van der Waals surface area contributed by atoms with Crippen LogP contribution in [0.15, 0.2) is 30.6 Å². The first-order valence-electron chi connectivity index (χ1n) is 3.93. The first kappa shape index (κ1) is 9.97. The maximum atomic E-state index is 10.6. The van der Waals surface area contributed by atoms with Crippen molar-refractivity contribution in [2.24, 2.45) is 0 Å². The SMILES string of the molecule is O=[Se](=O)(O)Oc1ncnc2ccccc12. The van der Waals surface area contributed by atoms with Gasteiger partial charge < -0.3 is 0 Å². The Kier molecular flexibility index (Phi) is 2.35. The number of fused-ring (bicyclic) bond motifs is 1. The molecule has 0 saturated carbocycles. The van der Waals surface area contributed by atoms with Crippen LogP contribution in [-0.2, 0) is 7.67 Å². The van der Waals surface area contributed by atoms with Gasteiger partial charge in [0.25, 0.3) is 0 Å². The van der Waals surface area contributed by atoms with Crippen LogP contribution >= 0.6 is 0 Å². The van der Waals surface area contributed by atoms with Gasteiger partial charge in [-0.1, -0.05) is 0 Å². The number of benzene rings is 1. The summed E-state index contributed by atoms with van der Waals surface area (Å²) in [6.45, 7) is 0. The van der Waals surface area contributed by atoms with Gasteiger partial charge in [0.2, 0.25) is 0 Å². The maximum absolute atomic E-state index is 10.6. The molecule has 1 heterocycles. The van der Waals surface area contributed by atoms with Crippen molar-refractivity contribution >= 4 is 24.3 Å². The average Bonchev–Trinajstić information content (AvgIpc) is 2.16. The van der Waals surface area contributed by atoms with Crippen LogP contribution in [0.2, 0.25) is 0 Å². The molecule has 7 heteroatoms. The zero-order chi connectivity index (χ0) is 10.9. The van der Waals surface area contributed by atoms with Gasteiger partial charge in [0, 0.05) is 0 Å².